The molecule has 112 valence electrons. The fourth-order valence-corrected chi connectivity index (χ4v) is 2.76. The average Bonchev–Trinajstić information content (AvgIpc) is 2.49. The van der Waals surface area contributed by atoms with Gasteiger partial charge in [-0.25, -0.2) is 0 Å². The van der Waals surface area contributed by atoms with Crippen molar-refractivity contribution in [2.45, 2.75) is 44.6 Å². The van der Waals surface area contributed by atoms with Crippen LogP contribution in [-0.4, -0.2) is 18.1 Å². The Hall–Kier alpha value is -1.73. The lowest BCUT2D eigenvalue weighted by Crippen LogP contribution is -2.50. The molecule has 0 radical (unpaired) electrons. The van der Waals surface area contributed by atoms with Gasteiger partial charge in [0.15, 0.2) is 6.61 Å². The van der Waals surface area contributed by atoms with Gasteiger partial charge in [-0.2, -0.15) is 5.26 Å². The zero-order chi connectivity index (χ0) is 15.3. The summed E-state index contributed by atoms with van der Waals surface area (Å²) in [7, 11) is 0. The third-order valence-electron chi connectivity index (χ3n) is 3.75. The number of nitrogens with one attached hydrogen (secondary N) is 1. The standard InChI is InChI=1S/C16H19ClN2O2/c1-12-5-6-13(17)14(9-12)21-10-15(20)19-16(11-18)7-3-2-4-8-16/h5-6,9H,2-4,7-8,10H2,1H3,(H,19,20). The smallest absolute Gasteiger partial charge is 0.259 e. The number of benzene rings is 1. The summed E-state index contributed by atoms with van der Waals surface area (Å²) in [5, 5.41) is 12.6. The quantitative estimate of drug-likeness (QED) is 0.927. The number of halogens is 1. The van der Waals surface area contributed by atoms with E-state index in [1.165, 1.54) is 0 Å². The van der Waals surface area contributed by atoms with Gasteiger partial charge in [0.1, 0.15) is 11.3 Å². The predicted octanol–water partition coefficient (Wildman–Crippen LogP) is 3.37. The van der Waals surface area contributed by atoms with Crippen molar-refractivity contribution in [1.82, 2.24) is 5.32 Å². The summed E-state index contributed by atoms with van der Waals surface area (Å²) in [6, 6.07) is 7.66. The third kappa shape index (κ3) is 4.12. The van der Waals surface area contributed by atoms with E-state index in [0.717, 1.165) is 24.8 Å². The van der Waals surface area contributed by atoms with Gasteiger partial charge in [0.25, 0.3) is 5.91 Å². The molecule has 0 saturated heterocycles. The zero-order valence-electron chi connectivity index (χ0n) is 12.1. The number of nitriles is 1. The van der Waals surface area contributed by atoms with Gasteiger partial charge in [-0.05, 0) is 37.5 Å². The van der Waals surface area contributed by atoms with Crippen molar-refractivity contribution < 1.29 is 9.53 Å². The fraction of sp³-hybridized carbons (Fsp3) is 0.500. The number of ether oxygens (including phenoxy) is 1. The third-order valence-corrected chi connectivity index (χ3v) is 4.06. The molecular formula is C16H19ClN2O2. The molecule has 0 bridgehead atoms. The Morgan fingerprint density at radius 2 is 2.14 bits per heavy atom. The Kier molecular flexibility index (Phi) is 5.08. The number of carbonyl (C=O) groups is 1. The highest BCUT2D eigenvalue weighted by molar-refractivity contribution is 6.32. The first-order valence-electron chi connectivity index (χ1n) is 7.16. The van der Waals surface area contributed by atoms with E-state index in [4.69, 9.17) is 16.3 Å². The number of amides is 1. The van der Waals surface area contributed by atoms with Gasteiger partial charge in [0.2, 0.25) is 0 Å². The first kappa shape index (κ1) is 15.7. The van der Waals surface area contributed by atoms with Crippen LogP contribution in [0.5, 0.6) is 5.75 Å². The Labute approximate surface area is 130 Å². The van der Waals surface area contributed by atoms with Crippen molar-refractivity contribution in [3.05, 3.63) is 28.8 Å². The van der Waals surface area contributed by atoms with Gasteiger partial charge >= 0.3 is 0 Å². The van der Waals surface area contributed by atoms with Crippen LogP contribution in [0.2, 0.25) is 5.02 Å². The van der Waals surface area contributed by atoms with E-state index in [9.17, 15) is 10.1 Å². The topological polar surface area (TPSA) is 62.1 Å². The lowest BCUT2D eigenvalue weighted by molar-refractivity contribution is -0.124. The minimum atomic E-state index is -0.727. The van der Waals surface area contributed by atoms with Crippen LogP contribution >= 0.6 is 11.6 Å². The van der Waals surface area contributed by atoms with Crippen molar-refractivity contribution in [2.75, 3.05) is 6.61 Å². The molecule has 2 rings (SSSR count). The summed E-state index contributed by atoms with van der Waals surface area (Å²) >= 11 is 6.02. The number of carbonyl (C=O) groups excluding carboxylic acids is 1. The molecule has 1 N–H and O–H groups in total. The SMILES string of the molecule is Cc1ccc(Cl)c(OCC(=O)NC2(C#N)CCCCC2)c1. The number of hydrogen-bond donors (Lipinski definition) is 1. The van der Waals surface area contributed by atoms with Gasteiger partial charge in [-0.15, -0.1) is 0 Å². The van der Waals surface area contributed by atoms with Gasteiger partial charge in [-0.1, -0.05) is 36.9 Å². The predicted molar refractivity (Wildman–Crippen MR) is 81.3 cm³/mol. The molecule has 1 saturated carbocycles. The molecule has 1 amide bonds. The molecule has 1 aliphatic rings. The van der Waals surface area contributed by atoms with Gasteiger partial charge in [0, 0.05) is 0 Å². The highest BCUT2D eigenvalue weighted by atomic mass is 35.5. The highest BCUT2D eigenvalue weighted by Gasteiger charge is 2.33. The van der Waals surface area contributed by atoms with Crippen LogP contribution in [0.1, 0.15) is 37.7 Å². The number of nitrogens with zero attached hydrogens (tertiary/aromatic N) is 1. The summed E-state index contributed by atoms with van der Waals surface area (Å²) in [4.78, 5) is 12.0. The van der Waals surface area contributed by atoms with Crippen LogP contribution in [0.15, 0.2) is 18.2 Å². The number of aryl methyl sites for hydroxylation is 1. The van der Waals surface area contributed by atoms with Crippen LogP contribution < -0.4 is 10.1 Å². The molecule has 5 heteroatoms. The number of hydrogen-bond acceptors (Lipinski definition) is 3. The van der Waals surface area contributed by atoms with Gasteiger partial charge in [-0.3, -0.25) is 4.79 Å². The monoisotopic (exact) mass is 306 g/mol. The van der Waals surface area contributed by atoms with Gasteiger partial charge in [0.05, 0.1) is 11.1 Å². The Balaban J connectivity index is 1.93. The number of rotatable bonds is 4. The summed E-state index contributed by atoms with van der Waals surface area (Å²) < 4.78 is 5.46. The lowest BCUT2D eigenvalue weighted by atomic mass is 9.83. The van der Waals surface area contributed by atoms with Gasteiger partial charge < -0.3 is 10.1 Å². The molecule has 1 aliphatic carbocycles. The maximum Gasteiger partial charge on any atom is 0.259 e. The minimum Gasteiger partial charge on any atom is -0.482 e. The second kappa shape index (κ2) is 6.82. The fourth-order valence-electron chi connectivity index (χ4n) is 2.59. The average molecular weight is 307 g/mol. The summed E-state index contributed by atoms with van der Waals surface area (Å²) in [5.74, 6) is 0.206. The molecule has 1 aromatic carbocycles. The summed E-state index contributed by atoms with van der Waals surface area (Å²) in [6.45, 7) is 1.79. The lowest BCUT2D eigenvalue weighted by Gasteiger charge is -2.31. The second-order valence-electron chi connectivity index (χ2n) is 5.53. The molecule has 0 unspecified atom stereocenters. The molecule has 1 fully saturated rings. The van der Waals surface area contributed by atoms with Crippen LogP contribution in [0.4, 0.5) is 0 Å². The molecule has 0 spiro atoms. The summed E-state index contributed by atoms with van der Waals surface area (Å²) in [6.07, 6.45) is 4.48. The van der Waals surface area contributed by atoms with Crippen molar-refractivity contribution in [2.24, 2.45) is 0 Å². The molecule has 21 heavy (non-hydrogen) atoms. The Bertz CT molecular complexity index is 560. The van der Waals surface area contributed by atoms with E-state index in [1.54, 1.807) is 12.1 Å². The maximum absolute atomic E-state index is 12.0. The molecule has 0 heterocycles. The van der Waals surface area contributed by atoms with E-state index < -0.39 is 5.54 Å². The zero-order valence-corrected chi connectivity index (χ0v) is 12.9. The van der Waals surface area contributed by atoms with E-state index in [-0.39, 0.29) is 12.5 Å². The van der Waals surface area contributed by atoms with Crippen molar-refractivity contribution >= 4 is 17.5 Å². The molecule has 0 aromatic heterocycles. The maximum atomic E-state index is 12.0. The van der Waals surface area contributed by atoms with Crippen LogP contribution in [-0.2, 0) is 4.79 Å². The van der Waals surface area contributed by atoms with Crippen molar-refractivity contribution in [3.63, 3.8) is 0 Å². The van der Waals surface area contributed by atoms with Crippen LogP contribution in [0.3, 0.4) is 0 Å². The summed E-state index contributed by atoms with van der Waals surface area (Å²) in [5.41, 5.74) is 0.283. The van der Waals surface area contributed by atoms with Crippen LogP contribution in [0.25, 0.3) is 0 Å². The van der Waals surface area contributed by atoms with Crippen LogP contribution in [0, 0.1) is 18.3 Å². The highest BCUT2D eigenvalue weighted by Crippen LogP contribution is 2.28. The van der Waals surface area contributed by atoms with Crippen molar-refractivity contribution in [3.8, 4) is 11.8 Å². The molecule has 0 aliphatic heterocycles. The molecule has 0 atom stereocenters. The van der Waals surface area contributed by atoms with Crippen molar-refractivity contribution in [1.29, 1.82) is 5.26 Å². The van der Waals surface area contributed by atoms with E-state index >= 15 is 0 Å². The Morgan fingerprint density at radius 3 is 2.81 bits per heavy atom. The molecular weight excluding hydrogens is 288 g/mol. The minimum absolute atomic E-state index is 0.132. The van der Waals surface area contributed by atoms with E-state index in [1.807, 2.05) is 13.0 Å². The van der Waals surface area contributed by atoms with E-state index in [2.05, 4.69) is 11.4 Å². The van der Waals surface area contributed by atoms with E-state index in [0.29, 0.717) is 23.6 Å². The normalized spacial score (nSPS) is 16.8. The first-order chi connectivity index (χ1) is 10.0. The largest absolute Gasteiger partial charge is 0.482 e. The second-order valence-corrected chi connectivity index (χ2v) is 5.93. The first-order valence-corrected chi connectivity index (χ1v) is 7.54. The Morgan fingerprint density at radius 1 is 1.43 bits per heavy atom. The molecule has 4 nitrogen and oxygen atoms in total. The molecule has 1 aromatic rings.